The zero-order chi connectivity index (χ0) is 27.0. The van der Waals surface area contributed by atoms with Gasteiger partial charge in [-0.3, -0.25) is 9.78 Å². The fraction of sp³-hybridized carbons (Fsp3) is 0.172. The largest absolute Gasteiger partial charge is 0.487 e. The van der Waals surface area contributed by atoms with Gasteiger partial charge in [0, 0.05) is 6.20 Å². The van der Waals surface area contributed by atoms with E-state index in [1.807, 2.05) is 44.2 Å². The van der Waals surface area contributed by atoms with Gasteiger partial charge < -0.3 is 4.74 Å². The van der Waals surface area contributed by atoms with Crippen molar-refractivity contribution in [3.63, 3.8) is 0 Å². The predicted octanol–water partition coefficient (Wildman–Crippen LogP) is 5.22. The average Bonchev–Trinajstić information content (AvgIpc) is 2.90. The van der Waals surface area contributed by atoms with E-state index < -0.39 is 22.9 Å². The molecule has 38 heavy (non-hydrogen) atoms. The van der Waals surface area contributed by atoms with Crippen molar-refractivity contribution in [3.8, 4) is 17.1 Å². The molecule has 192 valence electrons. The number of halogens is 2. The minimum Gasteiger partial charge on any atom is -0.487 e. The summed E-state index contributed by atoms with van der Waals surface area (Å²) in [5, 5.41) is -0.195. The third-order valence-corrected chi connectivity index (χ3v) is 6.20. The number of rotatable bonds is 6. The summed E-state index contributed by atoms with van der Waals surface area (Å²) in [5.74, 6) is -1.74. The first-order valence-electron chi connectivity index (χ1n) is 12.0. The van der Waals surface area contributed by atoms with Crippen LogP contribution in [0.1, 0.15) is 36.6 Å². The minimum absolute atomic E-state index is 0.0182. The summed E-state index contributed by atoms with van der Waals surface area (Å²) in [7, 11) is 0. The number of benzene rings is 2. The molecule has 0 unspecified atom stereocenters. The Kier molecular flexibility index (Phi) is 6.59. The Hall–Kier alpha value is -4.66. The summed E-state index contributed by atoms with van der Waals surface area (Å²) in [4.78, 5) is 36.4. The van der Waals surface area contributed by atoms with Gasteiger partial charge in [0.05, 0.1) is 23.0 Å². The molecule has 0 spiro atoms. The Balaban J connectivity index is 1.85. The number of pyridine rings is 2. The smallest absolute Gasteiger partial charge is 0.342 e. The molecule has 0 bridgehead atoms. The van der Waals surface area contributed by atoms with Crippen LogP contribution < -0.4 is 16.0 Å². The van der Waals surface area contributed by atoms with Crippen molar-refractivity contribution in [1.82, 2.24) is 19.1 Å². The van der Waals surface area contributed by atoms with Crippen LogP contribution in [0.4, 0.5) is 8.78 Å². The molecule has 2 aromatic carbocycles. The van der Waals surface area contributed by atoms with Crippen molar-refractivity contribution in [2.24, 2.45) is 0 Å². The maximum absolute atomic E-state index is 15.4. The second-order valence-corrected chi connectivity index (χ2v) is 9.16. The molecule has 0 saturated carbocycles. The van der Waals surface area contributed by atoms with Crippen LogP contribution in [0.5, 0.6) is 5.75 Å². The van der Waals surface area contributed by atoms with E-state index in [1.165, 1.54) is 16.7 Å². The fourth-order valence-corrected chi connectivity index (χ4v) is 4.41. The fourth-order valence-electron chi connectivity index (χ4n) is 4.41. The second kappa shape index (κ2) is 10.0. The molecule has 9 heteroatoms. The summed E-state index contributed by atoms with van der Waals surface area (Å²) in [6, 6.07) is 15.9. The number of aryl methyl sites for hydroxylation is 1. The molecule has 5 aromatic rings. The Morgan fingerprint density at radius 2 is 1.68 bits per heavy atom. The maximum Gasteiger partial charge on any atom is 0.342 e. The first-order valence-corrected chi connectivity index (χ1v) is 12.0. The van der Waals surface area contributed by atoms with Gasteiger partial charge in [0.15, 0.2) is 11.5 Å². The Labute approximate surface area is 216 Å². The number of nitrogens with zero attached hydrogens (tertiary/aromatic N) is 4. The van der Waals surface area contributed by atoms with E-state index in [-0.39, 0.29) is 35.0 Å². The van der Waals surface area contributed by atoms with E-state index in [1.54, 1.807) is 19.2 Å². The van der Waals surface area contributed by atoms with Crippen LogP contribution in [-0.4, -0.2) is 19.1 Å². The lowest BCUT2D eigenvalue weighted by molar-refractivity contribution is 0.303. The first kappa shape index (κ1) is 25.0. The Morgan fingerprint density at radius 1 is 0.921 bits per heavy atom. The zero-order valence-corrected chi connectivity index (χ0v) is 21.0. The van der Waals surface area contributed by atoms with E-state index in [0.717, 1.165) is 23.9 Å². The van der Waals surface area contributed by atoms with Gasteiger partial charge in [-0.1, -0.05) is 50.2 Å². The Bertz CT molecular complexity index is 1780. The van der Waals surface area contributed by atoms with Crippen molar-refractivity contribution in [1.29, 1.82) is 0 Å². The molecule has 0 atom stereocenters. The van der Waals surface area contributed by atoms with Gasteiger partial charge >= 0.3 is 5.69 Å². The third-order valence-electron chi connectivity index (χ3n) is 6.20. The average molecular weight is 515 g/mol. The molecule has 7 nitrogen and oxygen atoms in total. The number of fused-ring (bicyclic) bond motifs is 1. The van der Waals surface area contributed by atoms with Crippen LogP contribution in [0, 0.1) is 18.6 Å². The van der Waals surface area contributed by atoms with E-state index in [2.05, 4.69) is 9.97 Å². The molecule has 0 aliphatic heterocycles. The van der Waals surface area contributed by atoms with Gasteiger partial charge in [-0.05, 0) is 48.2 Å². The van der Waals surface area contributed by atoms with Gasteiger partial charge in [-0.2, -0.15) is 0 Å². The molecule has 0 N–H and O–H groups in total. The number of hydrogen-bond acceptors (Lipinski definition) is 5. The number of aromatic nitrogens is 4. The van der Waals surface area contributed by atoms with Gasteiger partial charge in [-0.15, -0.1) is 0 Å². The number of ether oxygens (including phenoxy) is 1. The van der Waals surface area contributed by atoms with Gasteiger partial charge in [0.2, 0.25) is 0 Å². The summed E-state index contributed by atoms with van der Waals surface area (Å²) < 4.78 is 37.5. The van der Waals surface area contributed by atoms with Crippen molar-refractivity contribution in [2.75, 3.05) is 0 Å². The van der Waals surface area contributed by atoms with Gasteiger partial charge in [0.25, 0.3) is 5.56 Å². The molecule has 0 saturated heterocycles. The molecular formula is C29H24F2N4O3. The van der Waals surface area contributed by atoms with E-state index >= 15 is 4.39 Å². The van der Waals surface area contributed by atoms with Crippen LogP contribution in [0.3, 0.4) is 0 Å². The highest BCUT2D eigenvalue weighted by molar-refractivity contribution is 5.77. The second-order valence-electron chi connectivity index (χ2n) is 9.16. The van der Waals surface area contributed by atoms with Crippen molar-refractivity contribution >= 4 is 11.0 Å². The number of hydrogen-bond donors (Lipinski definition) is 0. The van der Waals surface area contributed by atoms with E-state index in [0.29, 0.717) is 21.5 Å². The quantitative estimate of drug-likeness (QED) is 0.310. The molecule has 0 radical (unpaired) electrons. The van der Waals surface area contributed by atoms with Crippen LogP contribution in [0.15, 0.2) is 82.6 Å². The monoisotopic (exact) mass is 514 g/mol. The summed E-state index contributed by atoms with van der Waals surface area (Å²) in [5.41, 5.74) is 0.226. The first-order chi connectivity index (χ1) is 18.3. The van der Waals surface area contributed by atoms with Crippen LogP contribution in [0.25, 0.3) is 22.4 Å². The van der Waals surface area contributed by atoms with Crippen LogP contribution >= 0.6 is 0 Å². The van der Waals surface area contributed by atoms with Crippen molar-refractivity contribution in [2.45, 2.75) is 33.3 Å². The maximum atomic E-state index is 15.4. The van der Waals surface area contributed by atoms with E-state index in [4.69, 9.17) is 4.74 Å². The highest BCUT2D eigenvalue weighted by Crippen LogP contribution is 2.28. The molecular weight excluding hydrogens is 490 g/mol. The molecule has 3 heterocycles. The summed E-state index contributed by atoms with van der Waals surface area (Å²) in [6.45, 7) is 5.68. The van der Waals surface area contributed by atoms with Gasteiger partial charge in [-0.25, -0.2) is 27.7 Å². The summed E-state index contributed by atoms with van der Waals surface area (Å²) >= 11 is 0. The predicted molar refractivity (Wildman–Crippen MR) is 140 cm³/mol. The van der Waals surface area contributed by atoms with Crippen LogP contribution in [-0.2, 0) is 6.61 Å². The highest BCUT2D eigenvalue weighted by Gasteiger charge is 2.25. The molecule has 0 fully saturated rings. The Morgan fingerprint density at radius 3 is 2.42 bits per heavy atom. The lowest BCUT2D eigenvalue weighted by Crippen LogP contribution is -2.40. The lowest BCUT2D eigenvalue weighted by Gasteiger charge is -2.20. The third kappa shape index (κ3) is 4.36. The number of para-hydroxylation sites is 1. The van der Waals surface area contributed by atoms with Crippen LogP contribution in [0.2, 0.25) is 0 Å². The molecule has 0 aliphatic rings. The summed E-state index contributed by atoms with van der Waals surface area (Å²) in [6.07, 6.45) is 2.55. The molecule has 0 amide bonds. The zero-order valence-electron chi connectivity index (χ0n) is 21.0. The van der Waals surface area contributed by atoms with Crippen molar-refractivity contribution < 1.29 is 13.5 Å². The molecule has 5 rings (SSSR count). The van der Waals surface area contributed by atoms with E-state index in [9.17, 15) is 14.0 Å². The highest BCUT2D eigenvalue weighted by atomic mass is 19.1. The topological polar surface area (TPSA) is 79.0 Å². The van der Waals surface area contributed by atoms with Gasteiger partial charge in [0.1, 0.15) is 23.9 Å². The lowest BCUT2D eigenvalue weighted by atomic mass is 10.0. The molecule has 0 aliphatic carbocycles. The minimum atomic E-state index is -0.921. The molecule has 3 aromatic heterocycles. The normalized spacial score (nSPS) is 11.3. The van der Waals surface area contributed by atoms with Crippen molar-refractivity contribution in [3.05, 3.63) is 122 Å². The SMILES string of the molecule is Cc1ccnc(C(C)C)c1-n1c(=O)n(-c2c(F)cccc2OCc2ccccc2)c(=O)c2cc(F)cnc21. The standard InChI is InChI=1S/C29H24F2N4O3/c1-17(2)24-25(18(3)12-13-32-24)34-27-21(14-20(30)15-33-27)28(36)35(29(34)37)26-22(31)10-7-11-23(26)38-16-19-8-5-4-6-9-19/h4-15,17H,16H2,1-3H3.